The minimum Gasteiger partial charge on any atom is -0.495 e. The van der Waals surface area contributed by atoms with Gasteiger partial charge < -0.3 is 9.30 Å². The molecule has 3 aromatic rings. The first-order valence-corrected chi connectivity index (χ1v) is 9.22. The summed E-state index contributed by atoms with van der Waals surface area (Å²) in [5.41, 5.74) is 0.858. The van der Waals surface area contributed by atoms with Gasteiger partial charge in [-0.1, -0.05) is 0 Å². The van der Waals surface area contributed by atoms with Crippen molar-refractivity contribution in [3.05, 3.63) is 54.6 Å². The summed E-state index contributed by atoms with van der Waals surface area (Å²) in [5.74, 6) is -0.527. The van der Waals surface area contributed by atoms with Gasteiger partial charge >= 0.3 is 0 Å². The van der Waals surface area contributed by atoms with Gasteiger partial charge in [0.05, 0.1) is 7.11 Å². The molecule has 3 rings (SSSR count). The summed E-state index contributed by atoms with van der Waals surface area (Å²) in [7, 11) is -2.51. The molecule has 2 heterocycles. The maximum absolute atomic E-state index is 13.4. The van der Waals surface area contributed by atoms with Gasteiger partial charge in [0.1, 0.15) is 22.1 Å². The largest absolute Gasteiger partial charge is 0.495 e. The zero-order valence-electron chi connectivity index (χ0n) is 13.6. The highest BCUT2D eigenvalue weighted by atomic mass is 32.2. The molecule has 25 heavy (non-hydrogen) atoms. The fourth-order valence-corrected chi connectivity index (χ4v) is 3.85. The second-order valence-electron chi connectivity index (χ2n) is 5.47. The molecular formula is C17H18FN3O3S. The van der Waals surface area contributed by atoms with Gasteiger partial charge in [-0.25, -0.2) is 22.5 Å². The topological polar surface area (TPSA) is 73.2 Å². The van der Waals surface area contributed by atoms with Crippen LogP contribution in [0.25, 0.3) is 11.0 Å². The molecule has 0 saturated heterocycles. The number of ether oxygens (including phenoxy) is 1. The van der Waals surface area contributed by atoms with Crippen molar-refractivity contribution >= 4 is 21.1 Å². The van der Waals surface area contributed by atoms with Crippen LogP contribution in [0.2, 0.25) is 0 Å². The van der Waals surface area contributed by atoms with Crippen LogP contribution >= 0.6 is 0 Å². The van der Waals surface area contributed by atoms with Crippen LogP contribution < -0.4 is 9.46 Å². The maximum Gasteiger partial charge on any atom is 0.244 e. The van der Waals surface area contributed by atoms with E-state index in [0.29, 0.717) is 13.0 Å². The molecular weight excluding hydrogens is 345 g/mol. The number of pyridine rings is 1. The van der Waals surface area contributed by atoms with E-state index in [1.54, 1.807) is 6.20 Å². The quantitative estimate of drug-likeness (QED) is 0.655. The first-order valence-electron chi connectivity index (χ1n) is 7.74. The van der Waals surface area contributed by atoms with Crippen molar-refractivity contribution in [2.75, 3.05) is 13.7 Å². The van der Waals surface area contributed by atoms with E-state index < -0.39 is 15.8 Å². The summed E-state index contributed by atoms with van der Waals surface area (Å²) >= 11 is 0. The predicted molar refractivity (Wildman–Crippen MR) is 92.5 cm³/mol. The van der Waals surface area contributed by atoms with Crippen LogP contribution in [0.3, 0.4) is 0 Å². The highest BCUT2D eigenvalue weighted by Crippen LogP contribution is 2.24. The van der Waals surface area contributed by atoms with E-state index in [1.165, 1.54) is 13.2 Å². The smallest absolute Gasteiger partial charge is 0.244 e. The molecule has 132 valence electrons. The van der Waals surface area contributed by atoms with Gasteiger partial charge in [0.2, 0.25) is 10.0 Å². The van der Waals surface area contributed by atoms with Gasteiger partial charge in [0, 0.05) is 30.9 Å². The first-order chi connectivity index (χ1) is 12.0. The molecule has 0 atom stereocenters. The van der Waals surface area contributed by atoms with Crippen LogP contribution in [-0.4, -0.2) is 31.6 Å². The number of rotatable bonds is 7. The molecule has 0 bridgehead atoms. The van der Waals surface area contributed by atoms with Crippen LogP contribution in [-0.2, 0) is 16.6 Å². The lowest BCUT2D eigenvalue weighted by Crippen LogP contribution is -2.26. The Balaban J connectivity index is 1.64. The summed E-state index contributed by atoms with van der Waals surface area (Å²) in [6, 6.07) is 9.20. The number of sulfonamides is 1. The molecule has 8 heteroatoms. The van der Waals surface area contributed by atoms with Crippen molar-refractivity contribution in [2.45, 2.75) is 17.9 Å². The van der Waals surface area contributed by atoms with Crippen LogP contribution in [0, 0.1) is 5.82 Å². The third-order valence-electron chi connectivity index (χ3n) is 3.81. The third kappa shape index (κ3) is 3.80. The Morgan fingerprint density at radius 2 is 2.12 bits per heavy atom. The number of hydrogen-bond donors (Lipinski definition) is 1. The average molecular weight is 363 g/mol. The van der Waals surface area contributed by atoms with Gasteiger partial charge in [-0.15, -0.1) is 0 Å². The van der Waals surface area contributed by atoms with E-state index in [-0.39, 0.29) is 17.2 Å². The van der Waals surface area contributed by atoms with Gasteiger partial charge in [0.15, 0.2) is 0 Å². The molecule has 2 aromatic heterocycles. The maximum atomic E-state index is 13.4. The Hall–Kier alpha value is -2.45. The van der Waals surface area contributed by atoms with Crippen LogP contribution in [0.4, 0.5) is 4.39 Å². The van der Waals surface area contributed by atoms with Crippen molar-refractivity contribution in [1.29, 1.82) is 0 Å². The van der Waals surface area contributed by atoms with Gasteiger partial charge in [-0.05, 0) is 42.8 Å². The summed E-state index contributed by atoms with van der Waals surface area (Å²) in [5, 5.41) is 1.03. The highest BCUT2D eigenvalue weighted by molar-refractivity contribution is 7.89. The summed E-state index contributed by atoms with van der Waals surface area (Å²) < 4.78 is 47.5. The van der Waals surface area contributed by atoms with Gasteiger partial charge in [0.25, 0.3) is 0 Å². The first kappa shape index (κ1) is 17.4. The third-order valence-corrected chi connectivity index (χ3v) is 5.29. The molecule has 0 aliphatic rings. The predicted octanol–water partition coefficient (Wildman–Crippen LogP) is 2.55. The number of fused-ring (bicyclic) bond motifs is 1. The molecule has 0 radical (unpaired) electrons. The van der Waals surface area contributed by atoms with Gasteiger partial charge in [-0.2, -0.15) is 0 Å². The van der Waals surface area contributed by atoms with E-state index in [9.17, 15) is 12.8 Å². The number of aryl methyl sites for hydroxylation is 1. The fourth-order valence-electron chi connectivity index (χ4n) is 2.60. The lowest BCUT2D eigenvalue weighted by Gasteiger charge is -2.11. The molecule has 0 fully saturated rings. The molecule has 1 aromatic carbocycles. The van der Waals surface area contributed by atoms with E-state index in [2.05, 4.69) is 9.71 Å². The number of methoxy groups -OCH3 is 1. The van der Waals surface area contributed by atoms with Crippen LogP contribution in [0.15, 0.2) is 53.7 Å². The van der Waals surface area contributed by atoms with E-state index in [0.717, 1.165) is 23.2 Å². The minimum atomic E-state index is -3.85. The number of nitrogens with zero attached hydrogens (tertiary/aromatic N) is 2. The summed E-state index contributed by atoms with van der Waals surface area (Å²) in [6.07, 6.45) is 4.21. The molecule has 6 nitrogen and oxygen atoms in total. The zero-order chi connectivity index (χ0) is 17.9. The monoisotopic (exact) mass is 363 g/mol. The Kier molecular flexibility index (Phi) is 5.00. The highest BCUT2D eigenvalue weighted by Gasteiger charge is 2.19. The van der Waals surface area contributed by atoms with Crippen molar-refractivity contribution in [1.82, 2.24) is 14.3 Å². The van der Waals surface area contributed by atoms with Crippen LogP contribution in [0.5, 0.6) is 5.75 Å². The Morgan fingerprint density at radius 1 is 1.28 bits per heavy atom. The molecule has 0 saturated carbocycles. The number of nitrogens with one attached hydrogen (secondary N) is 1. The van der Waals surface area contributed by atoms with Crippen molar-refractivity contribution < 1.29 is 17.5 Å². The minimum absolute atomic E-state index is 0.106. The summed E-state index contributed by atoms with van der Waals surface area (Å²) in [6.45, 7) is 0.831. The number of halogens is 1. The molecule has 0 spiro atoms. The normalized spacial score (nSPS) is 11.8. The van der Waals surface area contributed by atoms with E-state index in [4.69, 9.17) is 4.74 Å². The second-order valence-corrected chi connectivity index (χ2v) is 7.21. The number of benzene rings is 1. The molecule has 0 amide bonds. The zero-order valence-corrected chi connectivity index (χ0v) is 14.5. The van der Waals surface area contributed by atoms with Gasteiger partial charge in [-0.3, -0.25) is 0 Å². The lowest BCUT2D eigenvalue weighted by atomic mass is 10.3. The number of hydrogen-bond acceptors (Lipinski definition) is 4. The molecule has 1 N–H and O–H groups in total. The standard InChI is InChI=1S/C17H18FN3O3S/c1-24-15-6-5-14(18)12-16(15)25(22,23)20-9-3-10-21-11-7-13-4-2-8-19-17(13)21/h2,4-8,11-12,20H,3,9-10H2,1H3. The Labute approximate surface area is 145 Å². The fraction of sp³-hybridized carbons (Fsp3) is 0.235. The Morgan fingerprint density at radius 3 is 2.92 bits per heavy atom. The molecule has 0 aliphatic heterocycles. The lowest BCUT2D eigenvalue weighted by molar-refractivity contribution is 0.400. The van der Waals surface area contributed by atoms with Crippen molar-refractivity contribution in [3.63, 3.8) is 0 Å². The number of aromatic nitrogens is 2. The molecule has 0 unspecified atom stereocenters. The average Bonchev–Trinajstić information content (AvgIpc) is 3.02. The Bertz CT molecular complexity index is 986. The summed E-state index contributed by atoms with van der Waals surface area (Å²) in [4.78, 5) is 4.11. The second kappa shape index (κ2) is 7.20. The van der Waals surface area contributed by atoms with Crippen molar-refractivity contribution in [3.8, 4) is 5.75 Å². The SMILES string of the molecule is COc1ccc(F)cc1S(=O)(=O)NCCCn1ccc2cccnc21. The van der Waals surface area contributed by atoms with Crippen LogP contribution in [0.1, 0.15) is 6.42 Å². The van der Waals surface area contributed by atoms with E-state index in [1.807, 2.05) is 29.0 Å². The van der Waals surface area contributed by atoms with E-state index >= 15 is 0 Å². The molecule has 0 aliphatic carbocycles. The van der Waals surface area contributed by atoms with Crippen molar-refractivity contribution in [2.24, 2.45) is 0 Å².